The van der Waals surface area contributed by atoms with Crippen molar-refractivity contribution in [2.45, 2.75) is 277 Å². The number of carboxylic acid groups (broad SMARTS) is 1. The summed E-state index contributed by atoms with van der Waals surface area (Å²) < 4.78 is 22.6. The number of nitrogens with zero attached hydrogens (tertiary/aromatic N) is 1. The summed E-state index contributed by atoms with van der Waals surface area (Å²) in [5.74, 6) is -2.28. The average molecular weight is 934 g/mol. The Labute approximate surface area is 407 Å². The van der Waals surface area contributed by atoms with Gasteiger partial charge in [-0.2, -0.15) is 0 Å². The van der Waals surface area contributed by atoms with Crippen molar-refractivity contribution in [2.24, 2.45) is 0 Å². The number of hydrogen-bond donors (Lipinski definition) is 0. The second-order valence-corrected chi connectivity index (χ2v) is 20.2. The summed E-state index contributed by atoms with van der Waals surface area (Å²) in [6, 6.07) is 0. The molecule has 2 atom stereocenters. The molecule has 0 heterocycles. The lowest BCUT2D eigenvalue weighted by atomic mass is 10.0. The number of carbonyl (C=O) groups is 3. The van der Waals surface area contributed by atoms with Crippen LogP contribution in [-0.2, 0) is 33.3 Å². The molecule has 9 nitrogen and oxygen atoms in total. The summed E-state index contributed by atoms with van der Waals surface area (Å²) in [6.45, 7) is 4.74. The molecule has 9 heteroatoms. The highest BCUT2D eigenvalue weighted by atomic mass is 16.7. The van der Waals surface area contributed by atoms with Gasteiger partial charge in [0.1, 0.15) is 13.2 Å². The summed E-state index contributed by atoms with van der Waals surface area (Å²) in [4.78, 5) is 37.1. The number of aliphatic carboxylic acids is 1. The Balaban J connectivity index is 4.11. The van der Waals surface area contributed by atoms with Gasteiger partial charge in [0.2, 0.25) is 0 Å². The molecule has 0 N–H and O–H groups in total. The molecule has 0 spiro atoms. The van der Waals surface area contributed by atoms with Gasteiger partial charge in [0.15, 0.2) is 12.4 Å². The van der Waals surface area contributed by atoms with Crippen LogP contribution in [0.25, 0.3) is 0 Å². The molecule has 0 aliphatic rings. The number of unbranched alkanes of at least 4 members (excludes halogenated alkanes) is 33. The van der Waals surface area contributed by atoms with Crippen molar-refractivity contribution >= 4 is 17.9 Å². The van der Waals surface area contributed by atoms with E-state index in [1.165, 1.54) is 180 Å². The van der Waals surface area contributed by atoms with Crippen LogP contribution in [0.3, 0.4) is 0 Å². The van der Waals surface area contributed by atoms with E-state index in [2.05, 4.69) is 38.2 Å². The molecule has 0 saturated carbocycles. The molecule has 388 valence electrons. The Morgan fingerprint density at radius 1 is 0.439 bits per heavy atom. The lowest BCUT2D eigenvalue weighted by Gasteiger charge is -2.26. The van der Waals surface area contributed by atoms with E-state index >= 15 is 0 Å². The Morgan fingerprint density at radius 3 is 1.15 bits per heavy atom. The van der Waals surface area contributed by atoms with E-state index in [0.29, 0.717) is 17.4 Å². The number of carboxylic acids is 1. The number of esters is 2. The largest absolute Gasteiger partial charge is 0.545 e. The molecule has 0 saturated heterocycles. The lowest BCUT2D eigenvalue weighted by molar-refractivity contribution is -0.870. The first kappa shape index (κ1) is 63.8. The fourth-order valence-electron chi connectivity index (χ4n) is 8.06. The number of likely N-dealkylation sites (N-methyl/N-ethyl adjacent to an activating group) is 1. The molecule has 0 aromatic heterocycles. The first-order valence-corrected chi connectivity index (χ1v) is 28.0. The zero-order valence-electron chi connectivity index (χ0n) is 44.1. The Bertz CT molecular complexity index is 1130. The van der Waals surface area contributed by atoms with Crippen LogP contribution in [0.2, 0.25) is 0 Å². The predicted octanol–water partition coefficient (Wildman–Crippen LogP) is 14.6. The molecule has 0 aliphatic carbocycles. The fraction of sp³-hybridized carbons (Fsp3) is 0.877. The molecular weight excluding hydrogens is 827 g/mol. The van der Waals surface area contributed by atoms with Gasteiger partial charge >= 0.3 is 11.9 Å². The molecular formula is C57H107NO8. The lowest BCUT2D eigenvalue weighted by Crippen LogP contribution is -2.44. The average Bonchev–Trinajstić information content (AvgIpc) is 3.28. The van der Waals surface area contributed by atoms with Gasteiger partial charge in [0.25, 0.3) is 0 Å². The van der Waals surface area contributed by atoms with Crippen molar-refractivity contribution in [3.05, 3.63) is 24.3 Å². The van der Waals surface area contributed by atoms with E-state index in [9.17, 15) is 19.5 Å². The molecule has 0 amide bonds. The SMILES string of the molecule is CCCCC/C=C\CCCCCCCC(=O)OCC(COC(OCC[N+](C)(C)C)C(=O)[O-])OC(=O)CCCCCCCCCCCCCCCCCCC/C=C\CCCCCCCCCC. The Kier molecular flexibility index (Phi) is 47.5. The van der Waals surface area contributed by atoms with E-state index in [4.69, 9.17) is 18.9 Å². The first-order chi connectivity index (χ1) is 32.1. The fourth-order valence-corrected chi connectivity index (χ4v) is 8.06. The summed E-state index contributed by atoms with van der Waals surface area (Å²) in [5, 5.41) is 11.7. The second-order valence-electron chi connectivity index (χ2n) is 20.2. The number of allylic oxidation sites excluding steroid dienone is 4. The second kappa shape index (κ2) is 49.2. The maximum absolute atomic E-state index is 12.8. The highest BCUT2D eigenvalue weighted by molar-refractivity contribution is 5.70. The molecule has 0 rings (SSSR count). The molecule has 0 radical (unpaired) electrons. The minimum absolute atomic E-state index is 0.149. The van der Waals surface area contributed by atoms with Gasteiger partial charge < -0.3 is 33.3 Å². The third kappa shape index (κ3) is 49.7. The van der Waals surface area contributed by atoms with Crippen molar-refractivity contribution in [3.63, 3.8) is 0 Å². The van der Waals surface area contributed by atoms with Crippen molar-refractivity contribution < 1.29 is 42.9 Å². The Hall–Kier alpha value is -2.23. The normalized spacial score (nSPS) is 12.9. The van der Waals surface area contributed by atoms with Gasteiger partial charge in [-0.3, -0.25) is 9.59 Å². The smallest absolute Gasteiger partial charge is 0.306 e. The van der Waals surface area contributed by atoms with Crippen LogP contribution in [0.5, 0.6) is 0 Å². The quantitative estimate of drug-likeness (QED) is 0.0195. The number of hydrogen-bond acceptors (Lipinski definition) is 8. The van der Waals surface area contributed by atoms with Crippen LogP contribution >= 0.6 is 0 Å². The van der Waals surface area contributed by atoms with Crippen molar-refractivity contribution in [1.29, 1.82) is 0 Å². The van der Waals surface area contributed by atoms with Gasteiger partial charge in [-0.1, -0.05) is 212 Å². The number of carbonyl (C=O) groups excluding carboxylic acids is 3. The molecule has 0 aromatic carbocycles. The number of quaternary nitrogens is 1. The molecule has 0 aliphatic heterocycles. The van der Waals surface area contributed by atoms with Crippen LogP contribution in [0.15, 0.2) is 24.3 Å². The number of rotatable bonds is 52. The van der Waals surface area contributed by atoms with Crippen molar-refractivity contribution in [3.8, 4) is 0 Å². The zero-order valence-corrected chi connectivity index (χ0v) is 44.1. The van der Waals surface area contributed by atoms with Gasteiger partial charge in [0.05, 0.1) is 40.3 Å². The Morgan fingerprint density at radius 2 is 0.773 bits per heavy atom. The number of ether oxygens (including phenoxy) is 4. The minimum atomic E-state index is -1.62. The van der Waals surface area contributed by atoms with Crippen LogP contribution in [-0.4, -0.2) is 82.3 Å². The highest BCUT2D eigenvalue weighted by Gasteiger charge is 2.22. The summed E-state index contributed by atoms with van der Waals surface area (Å²) in [7, 11) is 5.92. The van der Waals surface area contributed by atoms with E-state index in [0.717, 1.165) is 51.4 Å². The standard InChI is InChI=1S/C57H107NO8/c1-6-8-10-12-14-16-18-20-21-22-23-24-25-26-27-28-29-30-31-32-33-34-35-36-38-40-42-44-46-48-55(60)66-53(52-65-57(56(61)62)63-50-49-58(3,4)5)51-64-54(59)47-45-43-41-39-37-19-17-15-13-11-9-7-2/h15,17,22-23,53,57H,6-14,16,18-21,24-52H2,1-5H3/b17-15-,23-22-. The van der Waals surface area contributed by atoms with E-state index < -0.39 is 24.3 Å². The van der Waals surface area contributed by atoms with E-state index in [-0.39, 0.29) is 38.6 Å². The third-order valence-corrected chi connectivity index (χ3v) is 12.4. The van der Waals surface area contributed by atoms with Gasteiger partial charge in [-0.05, 0) is 64.2 Å². The van der Waals surface area contributed by atoms with Crippen molar-refractivity contribution in [2.75, 3.05) is 47.5 Å². The maximum atomic E-state index is 12.8. The van der Waals surface area contributed by atoms with Crippen molar-refractivity contribution in [1.82, 2.24) is 0 Å². The highest BCUT2D eigenvalue weighted by Crippen LogP contribution is 2.16. The molecule has 0 bridgehead atoms. The zero-order chi connectivity index (χ0) is 48.4. The van der Waals surface area contributed by atoms with E-state index in [1.54, 1.807) is 0 Å². The first-order valence-electron chi connectivity index (χ1n) is 28.0. The maximum Gasteiger partial charge on any atom is 0.306 e. The van der Waals surface area contributed by atoms with Gasteiger partial charge in [-0.25, -0.2) is 0 Å². The summed E-state index contributed by atoms with van der Waals surface area (Å²) >= 11 is 0. The van der Waals surface area contributed by atoms with Crippen LogP contribution in [0, 0.1) is 0 Å². The summed E-state index contributed by atoms with van der Waals surface area (Å²) in [6.07, 6.45) is 53.8. The van der Waals surface area contributed by atoms with Crippen LogP contribution in [0.4, 0.5) is 0 Å². The van der Waals surface area contributed by atoms with E-state index in [1.807, 2.05) is 21.1 Å². The van der Waals surface area contributed by atoms with Gasteiger partial charge in [-0.15, -0.1) is 0 Å². The molecule has 0 fully saturated rings. The van der Waals surface area contributed by atoms with Crippen LogP contribution in [0.1, 0.15) is 264 Å². The van der Waals surface area contributed by atoms with Crippen LogP contribution < -0.4 is 5.11 Å². The summed E-state index contributed by atoms with van der Waals surface area (Å²) in [5.41, 5.74) is 0. The monoisotopic (exact) mass is 934 g/mol. The molecule has 66 heavy (non-hydrogen) atoms. The predicted molar refractivity (Wildman–Crippen MR) is 274 cm³/mol. The molecule has 2 unspecified atom stereocenters. The molecule has 0 aromatic rings. The minimum Gasteiger partial charge on any atom is -0.545 e. The topological polar surface area (TPSA) is 111 Å². The third-order valence-electron chi connectivity index (χ3n) is 12.4. The van der Waals surface area contributed by atoms with Gasteiger partial charge in [0, 0.05) is 12.8 Å².